The van der Waals surface area contributed by atoms with E-state index >= 15 is 0 Å². The van der Waals surface area contributed by atoms with Crippen molar-refractivity contribution in [1.82, 2.24) is 14.7 Å². The summed E-state index contributed by atoms with van der Waals surface area (Å²) in [7, 11) is 0. The van der Waals surface area contributed by atoms with E-state index in [1.165, 1.54) is 0 Å². The molecule has 0 aliphatic carbocycles. The van der Waals surface area contributed by atoms with E-state index in [1.807, 2.05) is 0 Å². The Kier molecular flexibility index (Phi) is 4.54. The van der Waals surface area contributed by atoms with Gasteiger partial charge in [0.2, 0.25) is 5.91 Å². The topological polar surface area (TPSA) is 64.4 Å². The second-order valence-corrected chi connectivity index (χ2v) is 4.61. The molecule has 19 heavy (non-hydrogen) atoms. The summed E-state index contributed by atoms with van der Waals surface area (Å²) in [5, 5.41) is 4.01. The van der Waals surface area contributed by atoms with Crippen molar-refractivity contribution in [2.75, 3.05) is 19.7 Å². The molecular formula is C13H19N3O3. The number of carbonyl (C=O) groups is 2. The molecule has 0 aromatic carbocycles. The van der Waals surface area contributed by atoms with Crippen molar-refractivity contribution in [3.8, 4) is 0 Å². The van der Waals surface area contributed by atoms with Gasteiger partial charge in [0.1, 0.15) is 6.54 Å². The summed E-state index contributed by atoms with van der Waals surface area (Å²) >= 11 is 0. The molecule has 2 heterocycles. The lowest BCUT2D eigenvalue weighted by molar-refractivity contribution is -0.151. The number of amides is 1. The SMILES string of the molecule is CCOC(=O)C1CCN(C(=O)Cn2cccn2)CC1. The van der Waals surface area contributed by atoms with Crippen LogP contribution in [0.25, 0.3) is 0 Å². The smallest absolute Gasteiger partial charge is 0.309 e. The van der Waals surface area contributed by atoms with E-state index in [0.717, 1.165) is 0 Å². The summed E-state index contributed by atoms with van der Waals surface area (Å²) in [5.41, 5.74) is 0. The maximum absolute atomic E-state index is 12.0. The van der Waals surface area contributed by atoms with Gasteiger partial charge in [-0.05, 0) is 25.8 Å². The van der Waals surface area contributed by atoms with Crippen LogP contribution in [0.4, 0.5) is 0 Å². The maximum atomic E-state index is 12.0. The molecule has 0 radical (unpaired) electrons. The summed E-state index contributed by atoms with van der Waals surface area (Å²) in [4.78, 5) is 25.4. The van der Waals surface area contributed by atoms with Crippen LogP contribution in [-0.2, 0) is 20.9 Å². The molecule has 6 heteroatoms. The van der Waals surface area contributed by atoms with Crippen molar-refractivity contribution in [3.63, 3.8) is 0 Å². The number of aromatic nitrogens is 2. The van der Waals surface area contributed by atoms with Gasteiger partial charge in [-0.25, -0.2) is 0 Å². The third-order valence-electron chi connectivity index (χ3n) is 3.32. The standard InChI is InChI=1S/C13H19N3O3/c1-2-19-13(18)11-4-8-15(9-5-11)12(17)10-16-7-3-6-14-16/h3,6-7,11H,2,4-5,8-10H2,1H3. The van der Waals surface area contributed by atoms with Crippen molar-refractivity contribution in [2.24, 2.45) is 5.92 Å². The predicted molar refractivity (Wildman–Crippen MR) is 68.2 cm³/mol. The first kappa shape index (κ1) is 13.6. The van der Waals surface area contributed by atoms with Gasteiger partial charge >= 0.3 is 5.97 Å². The minimum Gasteiger partial charge on any atom is -0.466 e. The van der Waals surface area contributed by atoms with Crippen LogP contribution in [0.3, 0.4) is 0 Å². The zero-order chi connectivity index (χ0) is 13.7. The van der Waals surface area contributed by atoms with Crippen molar-refractivity contribution < 1.29 is 14.3 Å². The Morgan fingerprint density at radius 2 is 2.11 bits per heavy atom. The lowest BCUT2D eigenvalue weighted by Crippen LogP contribution is -2.42. The summed E-state index contributed by atoms with van der Waals surface area (Å²) in [6.45, 7) is 3.71. The monoisotopic (exact) mass is 265 g/mol. The number of likely N-dealkylation sites (tertiary alicyclic amines) is 1. The summed E-state index contributed by atoms with van der Waals surface area (Å²) in [6.07, 6.45) is 4.79. The molecule has 0 atom stereocenters. The highest BCUT2D eigenvalue weighted by Gasteiger charge is 2.28. The summed E-state index contributed by atoms with van der Waals surface area (Å²) in [6, 6.07) is 1.79. The van der Waals surface area contributed by atoms with Gasteiger partial charge in [0, 0.05) is 25.5 Å². The van der Waals surface area contributed by atoms with Gasteiger partial charge in [0.25, 0.3) is 0 Å². The van der Waals surface area contributed by atoms with E-state index in [0.29, 0.717) is 32.5 Å². The van der Waals surface area contributed by atoms with Crippen LogP contribution in [-0.4, -0.2) is 46.3 Å². The van der Waals surface area contributed by atoms with E-state index in [9.17, 15) is 9.59 Å². The number of carbonyl (C=O) groups excluding carboxylic acids is 2. The number of nitrogens with zero attached hydrogens (tertiary/aromatic N) is 3. The van der Waals surface area contributed by atoms with Gasteiger partial charge in [0.05, 0.1) is 12.5 Å². The van der Waals surface area contributed by atoms with Gasteiger partial charge in [-0.3, -0.25) is 14.3 Å². The van der Waals surface area contributed by atoms with Gasteiger partial charge in [0.15, 0.2) is 0 Å². The lowest BCUT2D eigenvalue weighted by Gasteiger charge is -2.30. The van der Waals surface area contributed by atoms with Gasteiger partial charge in [-0.2, -0.15) is 5.10 Å². The molecule has 1 aromatic heterocycles. The first-order valence-corrected chi connectivity index (χ1v) is 6.62. The minimum absolute atomic E-state index is 0.0472. The molecule has 0 saturated carbocycles. The summed E-state index contributed by atoms with van der Waals surface area (Å²) < 4.78 is 6.62. The number of hydrogen-bond donors (Lipinski definition) is 0. The van der Waals surface area contributed by atoms with E-state index in [-0.39, 0.29) is 24.3 Å². The normalized spacial score (nSPS) is 16.4. The van der Waals surface area contributed by atoms with Crippen molar-refractivity contribution in [2.45, 2.75) is 26.3 Å². The second kappa shape index (κ2) is 6.36. The van der Waals surface area contributed by atoms with Gasteiger partial charge in [-0.1, -0.05) is 0 Å². The van der Waals surface area contributed by atoms with Crippen molar-refractivity contribution in [3.05, 3.63) is 18.5 Å². The fourth-order valence-corrected chi connectivity index (χ4v) is 2.26. The average molecular weight is 265 g/mol. The number of piperidine rings is 1. The molecule has 1 aliphatic rings. The Balaban J connectivity index is 1.79. The Hall–Kier alpha value is -1.85. The maximum Gasteiger partial charge on any atom is 0.309 e. The molecular weight excluding hydrogens is 246 g/mol. The zero-order valence-corrected chi connectivity index (χ0v) is 11.1. The molecule has 0 spiro atoms. The third kappa shape index (κ3) is 3.56. The molecule has 1 saturated heterocycles. The fourth-order valence-electron chi connectivity index (χ4n) is 2.26. The summed E-state index contributed by atoms with van der Waals surface area (Å²) in [5.74, 6) is -0.151. The van der Waals surface area contributed by atoms with E-state index in [4.69, 9.17) is 4.74 Å². The predicted octanol–water partition coefficient (Wildman–Crippen LogP) is 0.685. The average Bonchev–Trinajstić information content (AvgIpc) is 2.92. The fraction of sp³-hybridized carbons (Fsp3) is 0.615. The van der Waals surface area contributed by atoms with Crippen LogP contribution in [0.2, 0.25) is 0 Å². The number of esters is 1. The molecule has 1 aliphatic heterocycles. The molecule has 1 amide bonds. The quantitative estimate of drug-likeness (QED) is 0.751. The van der Waals surface area contributed by atoms with Crippen LogP contribution in [0.5, 0.6) is 0 Å². The van der Waals surface area contributed by atoms with Gasteiger partial charge in [-0.15, -0.1) is 0 Å². The minimum atomic E-state index is -0.137. The van der Waals surface area contributed by atoms with E-state index < -0.39 is 0 Å². The first-order chi connectivity index (χ1) is 9.20. The molecule has 1 fully saturated rings. The number of hydrogen-bond acceptors (Lipinski definition) is 4. The second-order valence-electron chi connectivity index (χ2n) is 4.61. The Morgan fingerprint density at radius 3 is 2.68 bits per heavy atom. The molecule has 0 unspecified atom stereocenters. The van der Waals surface area contributed by atoms with Gasteiger partial charge < -0.3 is 9.64 Å². The molecule has 2 rings (SSSR count). The van der Waals surface area contributed by atoms with Crippen molar-refractivity contribution in [1.29, 1.82) is 0 Å². The van der Waals surface area contributed by atoms with Crippen LogP contribution in [0.1, 0.15) is 19.8 Å². The first-order valence-electron chi connectivity index (χ1n) is 6.62. The highest BCUT2D eigenvalue weighted by Crippen LogP contribution is 2.18. The number of ether oxygens (including phenoxy) is 1. The molecule has 0 N–H and O–H groups in total. The largest absolute Gasteiger partial charge is 0.466 e. The molecule has 104 valence electrons. The Labute approximate surface area is 112 Å². The Morgan fingerprint density at radius 1 is 1.37 bits per heavy atom. The Bertz CT molecular complexity index is 422. The van der Waals surface area contributed by atoms with E-state index in [2.05, 4.69) is 5.10 Å². The zero-order valence-electron chi connectivity index (χ0n) is 11.1. The highest BCUT2D eigenvalue weighted by molar-refractivity contribution is 5.77. The van der Waals surface area contributed by atoms with Crippen LogP contribution in [0, 0.1) is 5.92 Å². The third-order valence-corrected chi connectivity index (χ3v) is 3.32. The van der Waals surface area contributed by atoms with Crippen molar-refractivity contribution >= 4 is 11.9 Å². The van der Waals surface area contributed by atoms with Crippen LogP contribution < -0.4 is 0 Å². The van der Waals surface area contributed by atoms with E-state index in [1.54, 1.807) is 35.0 Å². The molecule has 1 aromatic rings. The van der Waals surface area contributed by atoms with Crippen LogP contribution in [0.15, 0.2) is 18.5 Å². The molecule has 6 nitrogen and oxygen atoms in total. The number of rotatable bonds is 4. The highest BCUT2D eigenvalue weighted by atomic mass is 16.5. The lowest BCUT2D eigenvalue weighted by atomic mass is 9.97. The molecule has 0 bridgehead atoms. The van der Waals surface area contributed by atoms with Crippen LogP contribution >= 0.6 is 0 Å².